The Morgan fingerprint density at radius 2 is 2.07 bits per heavy atom. The van der Waals surface area contributed by atoms with Gasteiger partial charge >= 0.3 is 6.09 Å². The number of anilines is 2. The first-order valence-electron chi connectivity index (χ1n) is 9.81. The molecule has 1 amide bonds. The van der Waals surface area contributed by atoms with Gasteiger partial charge in [0.15, 0.2) is 0 Å². The van der Waals surface area contributed by atoms with Gasteiger partial charge in [-0.25, -0.2) is 4.79 Å². The number of nitrogens with two attached hydrogens (primary N) is 1. The fraction of sp³-hybridized carbons (Fsp3) is 0.318. The summed E-state index contributed by atoms with van der Waals surface area (Å²) >= 11 is 0. The maximum absolute atomic E-state index is 11.1. The van der Waals surface area contributed by atoms with Crippen LogP contribution in [0.25, 0.3) is 10.9 Å². The number of morpholine rings is 1. The van der Waals surface area contributed by atoms with E-state index < -0.39 is 6.09 Å². The minimum Gasteiger partial charge on any atom is -0.465 e. The van der Waals surface area contributed by atoms with Crippen LogP contribution in [0, 0.1) is 6.92 Å². The van der Waals surface area contributed by atoms with Crippen LogP contribution in [0.1, 0.15) is 22.6 Å². The summed E-state index contributed by atoms with van der Waals surface area (Å²) < 4.78 is 5.45. The summed E-state index contributed by atoms with van der Waals surface area (Å²) in [6, 6.07) is 12.1. The summed E-state index contributed by atoms with van der Waals surface area (Å²) in [5.41, 5.74) is 12.1. The minimum atomic E-state index is -1.07. The molecule has 0 aliphatic carbocycles. The number of H-pyrrole nitrogens is 1. The van der Waals surface area contributed by atoms with Crippen LogP contribution in [-0.4, -0.2) is 49.0 Å². The number of nitrogens with zero attached hydrogens (tertiary/aromatic N) is 1. The largest absolute Gasteiger partial charge is 0.465 e. The van der Waals surface area contributed by atoms with E-state index in [-0.39, 0.29) is 5.92 Å². The average molecular weight is 394 g/mol. The van der Waals surface area contributed by atoms with Gasteiger partial charge in [0.1, 0.15) is 0 Å². The quantitative estimate of drug-likeness (QED) is 0.530. The molecule has 7 nitrogen and oxygen atoms in total. The first kappa shape index (κ1) is 19.3. The summed E-state index contributed by atoms with van der Waals surface area (Å²) in [5.74, 6) is -0.0338. The van der Waals surface area contributed by atoms with Gasteiger partial charge in [0.25, 0.3) is 0 Å². The second-order valence-electron chi connectivity index (χ2n) is 7.31. The molecular weight excluding hydrogens is 368 g/mol. The second-order valence-corrected chi connectivity index (χ2v) is 7.31. The Morgan fingerprint density at radius 1 is 1.28 bits per heavy atom. The van der Waals surface area contributed by atoms with Crippen molar-refractivity contribution >= 4 is 28.4 Å². The SMILES string of the molecule is Cc1c(NC(=O)O)cccc1C(CN)c1c[nH]c2cc(N3CCOCC3)ccc12. The molecule has 0 spiro atoms. The van der Waals surface area contributed by atoms with Crippen LogP contribution in [0.15, 0.2) is 42.6 Å². The highest BCUT2D eigenvalue weighted by Crippen LogP contribution is 2.35. The van der Waals surface area contributed by atoms with Crippen molar-refractivity contribution in [3.05, 3.63) is 59.3 Å². The Labute approximate surface area is 169 Å². The minimum absolute atomic E-state index is 0.0338. The lowest BCUT2D eigenvalue weighted by Crippen LogP contribution is -2.36. The number of carboxylic acid groups (broad SMARTS) is 1. The number of ether oxygens (including phenoxy) is 1. The van der Waals surface area contributed by atoms with Crippen LogP contribution in [0.4, 0.5) is 16.2 Å². The third-order valence-corrected chi connectivity index (χ3v) is 5.68. The standard InChI is InChI=1S/C22H26N4O3/c1-14-16(3-2-4-20(14)25-22(27)28)18(12-23)19-13-24-21-11-15(5-6-17(19)21)26-7-9-29-10-8-26/h2-6,11,13,18,24-25H,7-10,12,23H2,1H3,(H,27,28). The molecule has 0 radical (unpaired) electrons. The van der Waals surface area contributed by atoms with Crippen LogP contribution >= 0.6 is 0 Å². The number of nitrogens with one attached hydrogen (secondary N) is 2. The Hall–Kier alpha value is -3.03. The number of aromatic amines is 1. The van der Waals surface area contributed by atoms with Crippen molar-refractivity contribution in [2.75, 3.05) is 43.1 Å². The Kier molecular flexibility index (Phi) is 5.42. The number of aromatic nitrogens is 1. The lowest BCUT2D eigenvalue weighted by molar-refractivity contribution is 0.122. The fourth-order valence-corrected chi connectivity index (χ4v) is 4.15. The normalized spacial score (nSPS) is 15.4. The van der Waals surface area contributed by atoms with Gasteiger partial charge in [0.05, 0.1) is 13.2 Å². The van der Waals surface area contributed by atoms with Crippen LogP contribution in [0.2, 0.25) is 0 Å². The van der Waals surface area contributed by atoms with Crippen LogP contribution in [0.3, 0.4) is 0 Å². The molecule has 1 fully saturated rings. The van der Waals surface area contributed by atoms with Gasteiger partial charge in [-0.1, -0.05) is 18.2 Å². The number of carbonyl (C=O) groups is 1. The average Bonchev–Trinajstić information content (AvgIpc) is 3.15. The first-order valence-corrected chi connectivity index (χ1v) is 9.81. The zero-order chi connectivity index (χ0) is 20.4. The molecule has 1 aromatic heterocycles. The molecule has 5 N–H and O–H groups in total. The number of amides is 1. The number of rotatable bonds is 5. The van der Waals surface area contributed by atoms with E-state index in [1.165, 1.54) is 5.69 Å². The third-order valence-electron chi connectivity index (χ3n) is 5.68. The van der Waals surface area contributed by atoms with E-state index >= 15 is 0 Å². The van der Waals surface area contributed by atoms with Crippen molar-refractivity contribution < 1.29 is 14.6 Å². The van der Waals surface area contributed by atoms with Crippen molar-refractivity contribution in [3.8, 4) is 0 Å². The fourth-order valence-electron chi connectivity index (χ4n) is 4.15. The number of fused-ring (bicyclic) bond motifs is 1. The molecule has 29 heavy (non-hydrogen) atoms. The molecular formula is C22H26N4O3. The monoisotopic (exact) mass is 394 g/mol. The lowest BCUT2D eigenvalue weighted by atomic mass is 9.87. The Balaban J connectivity index is 1.70. The molecule has 2 aromatic carbocycles. The van der Waals surface area contributed by atoms with Crippen molar-refractivity contribution in [3.63, 3.8) is 0 Å². The molecule has 7 heteroatoms. The zero-order valence-electron chi connectivity index (χ0n) is 16.4. The molecule has 1 aliphatic heterocycles. The zero-order valence-corrected chi connectivity index (χ0v) is 16.4. The van der Waals surface area contributed by atoms with Gasteiger partial charge in [-0.15, -0.1) is 0 Å². The molecule has 0 saturated carbocycles. The molecule has 4 rings (SSSR count). The number of benzene rings is 2. The maximum Gasteiger partial charge on any atom is 0.409 e. The topological polar surface area (TPSA) is 104 Å². The van der Waals surface area contributed by atoms with Gasteiger partial charge in [-0.3, -0.25) is 5.32 Å². The smallest absolute Gasteiger partial charge is 0.409 e. The van der Waals surface area contributed by atoms with E-state index in [0.717, 1.165) is 53.9 Å². The van der Waals surface area contributed by atoms with E-state index in [4.69, 9.17) is 15.6 Å². The van der Waals surface area contributed by atoms with Crippen molar-refractivity contribution in [2.45, 2.75) is 12.8 Å². The molecule has 152 valence electrons. The molecule has 1 aliphatic rings. The molecule has 0 bridgehead atoms. The summed E-state index contributed by atoms with van der Waals surface area (Å²) in [6.07, 6.45) is 0.944. The molecule has 3 aromatic rings. The Bertz CT molecular complexity index is 1020. The van der Waals surface area contributed by atoms with E-state index in [9.17, 15) is 4.79 Å². The van der Waals surface area contributed by atoms with Crippen molar-refractivity contribution in [2.24, 2.45) is 5.73 Å². The van der Waals surface area contributed by atoms with E-state index in [1.54, 1.807) is 6.07 Å². The molecule has 1 unspecified atom stereocenters. The predicted molar refractivity (Wildman–Crippen MR) is 115 cm³/mol. The molecule has 1 saturated heterocycles. The highest BCUT2D eigenvalue weighted by atomic mass is 16.5. The van der Waals surface area contributed by atoms with E-state index in [2.05, 4.69) is 33.4 Å². The summed E-state index contributed by atoms with van der Waals surface area (Å²) in [5, 5.41) is 12.7. The van der Waals surface area contributed by atoms with Gasteiger partial charge in [0, 0.05) is 54.0 Å². The lowest BCUT2D eigenvalue weighted by Gasteiger charge is -2.29. The highest BCUT2D eigenvalue weighted by molar-refractivity contribution is 5.88. The van der Waals surface area contributed by atoms with Crippen LogP contribution in [0.5, 0.6) is 0 Å². The Morgan fingerprint density at radius 3 is 2.79 bits per heavy atom. The van der Waals surface area contributed by atoms with Crippen molar-refractivity contribution in [1.29, 1.82) is 0 Å². The maximum atomic E-state index is 11.1. The first-order chi connectivity index (χ1) is 14.1. The summed E-state index contributed by atoms with van der Waals surface area (Å²) in [4.78, 5) is 16.8. The summed E-state index contributed by atoms with van der Waals surface area (Å²) in [7, 11) is 0. The van der Waals surface area contributed by atoms with E-state index in [1.807, 2.05) is 25.3 Å². The van der Waals surface area contributed by atoms with Crippen LogP contribution in [-0.2, 0) is 4.74 Å². The number of hydrogen-bond acceptors (Lipinski definition) is 4. The van der Waals surface area contributed by atoms with Crippen molar-refractivity contribution in [1.82, 2.24) is 4.98 Å². The predicted octanol–water partition coefficient (Wildman–Crippen LogP) is 3.49. The number of hydrogen-bond donors (Lipinski definition) is 4. The van der Waals surface area contributed by atoms with Gasteiger partial charge in [-0.05, 0) is 41.8 Å². The third kappa shape index (κ3) is 3.79. The summed E-state index contributed by atoms with van der Waals surface area (Å²) in [6.45, 7) is 5.65. The van der Waals surface area contributed by atoms with Crippen LogP contribution < -0.4 is 16.0 Å². The molecule has 1 atom stereocenters. The second kappa shape index (κ2) is 8.14. The highest BCUT2D eigenvalue weighted by Gasteiger charge is 2.21. The van der Waals surface area contributed by atoms with E-state index in [0.29, 0.717) is 12.2 Å². The van der Waals surface area contributed by atoms with Gasteiger partial charge < -0.3 is 25.5 Å². The van der Waals surface area contributed by atoms with Gasteiger partial charge in [0.2, 0.25) is 0 Å². The molecule has 2 heterocycles. The van der Waals surface area contributed by atoms with Gasteiger partial charge in [-0.2, -0.15) is 0 Å².